The molecule has 3 amide bonds. The van der Waals surface area contributed by atoms with Crippen molar-refractivity contribution in [2.75, 3.05) is 11.9 Å². The summed E-state index contributed by atoms with van der Waals surface area (Å²) in [5.41, 5.74) is 0.866. The summed E-state index contributed by atoms with van der Waals surface area (Å²) in [5.74, 6) is -1.84. The highest BCUT2D eigenvalue weighted by Crippen LogP contribution is 2.60. The lowest BCUT2D eigenvalue weighted by Crippen LogP contribution is -2.46. The minimum atomic E-state index is -0.915. The Morgan fingerprint density at radius 3 is 2.16 bits per heavy atom. The van der Waals surface area contributed by atoms with E-state index in [9.17, 15) is 19.2 Å². The number of nitrogens with one attached hydrogen (secondary N) is 1. The zero-order valence-electron chi connectivity index (χ0n) is 17.2. The number of benzene rings is 1. The van der Waals surface area contributed by atoms with E-state index in [2.05, 4.69) is 37.2 Å². The van der Waals surface area contributed by atoms with Gasteiger partial charge in [-0.25, -0.2) is 4.79 Å². The van der Waals surface area contributed by atoms with Crippen molar-refractivity contribution < 1.29 is 23.9 Å². The highest BCUT2D eigenvalue weighted by molar-refractivity contribution is 9.12. The molecule has 0 unspecified atom stereocenters. The van der Waals surface area contributed by atoms with Crippen molar-refractivity contribution in [3.8, 4) is 0 Å². The fraction of sp³-hybridized carbons (Fsp3) is 0.545. The predicted octanol–water partition coefficient (Wildman–Crippen LogP) is 3.36. The molecule has 1 heterocycles. The maximum absolute atomic E-state index is 13.1. The van der Waals surface area contributed by atoms with Crippen LogP contribution < -0.4 is 5.32 Å². The summed E-state index contributed by atoms with van der Waals surface area (Å²) in [4.78, 5) is 52.3. The molecule has 31 heavy (non-hydrogen) atoms. The summed E-state index contributed by atoms with van der Waals surface area (Å²) in [6, 6.07) is 5.42. The third-order valence-electron chi connectivity index (χ3n) is 6.61. The van der Waals surface area contributed by atoms with E-state index in [0.29, 0.717) is 17.9 Å². The van der Waals surface area contributed by atoms with Gasteiger partial charge in [0.1, 0.15) is 6.04 Å². The van der Waals surface area contributed by atoms with E-state index in [4.69, 9.17) is 4.74 Å². The van der Waals surface area contributed by atoms with Crippen molar-refractivity contribution in [3.63, 3.8) is 0 Å². The first-order valence-corrected chi connectivity index (χ1v) is 12.3. The Balaban J connectivity index is 1.43. The largest absolute Gasteiger partial charge is 0.462 e. The molecule has 2 aliphatic carbocycles. The number of hydrogen-bond donors (Lipinski definition) is 1. The molecule has 1 aliphatic heterocycles. The van der Waals surface area contributed by atoms with Crippen LogP contribution in [0.5, 0.6) is 0 Å². The number of alkyl halides is 2. The first-order valence-electron chi connectivity index (χ1n) is 10.5. The normalized spacial score (nSPS) is 32.2. The van der Waals surface area contributed by atoms with Gasteiger partial charge in [0.15, 0.2) is 0 Å². The van der Waals surface area contributed by atoms with Gasteiger partial charge in [-0.1, -0.05) is 38.8 Å². The molecule has 1 N–H and O–H groups in total. The zero-order chi connectivity index (χ0) is 22.4. The van der Waals surface area contributed by atoms with Crippen LogP contribution in [0, 0.1) is 23.7 Å². The summed E-state index contributed by atoms with van der Waals surface area (Å²) in [6.07, 6.45) is 1.58. The molecule has 1 saturated heterocycles. The minimum absolute atomic E-state index is 0.107. The van der Waals surface area contributed by atoms with Crippen LogP contribution in [0.3, 0.4) is 0 Å². The number of esters is 1. The van der Waals surface area contributed by atoms with Crippen LogP contribution in [0.1, 0.15) is 37.0 Å². The number of ether oxygens (including phenoxy) is 1. The first kappa shape index (κ1) is 22.5. The van der Waals surface area contributed by atoms with Gasteiger partial charge in [-0.3, -0.25) is 19.3 Å². The molecule has 9 heteroatoms. The third kappa shape index (κ3) is 3.73. The number of carbonyl (C=O) groups is 4. The molecule has 1 aromatic carbocycles. The Bertz CT molecular complexity index is 889. The number of rotatable bonds is 6. The van der Waals surface area contributed by atoms with Gasteiger partial charge >= 0.3 is 5.97 Å². The molecule has 2 saturated carbocycles. The van der Waals surface area contributed by atoms with Crippen molar-refractivity contribution in [2.24, 2.45) is 23.7 Å². The quantitative estimate of drug-likeness (QED) is 0.330. The van der Waals surface area contributed by atoms with Crippen molar-refractivity contribution in [2.45, 2.75) is 42.4 Å². The van der Waals surface area contributed by atoms with Crippen molar-refractivity contribution >= 4 is 61.2 Å². The van der Waals surface area contributed by atoms with Gasteiger partial charge in [-0.2, -0.15) is 0 Å². The van der Waals surface area contributed by atoms with Crippen LogP contribution in [0.4, 0.5) is 5.69 Å². The molecule has 1 aromatic rings. The number of imide groups is 1. The Labute approximate surface area is 197 Å². The van der Waals surface area contributed by atoms with E-state index in [1.165, 1.54) is 0 Å². The average Bonchev–Trinajstić information content (AvgIpc) is 3.36. The van der Waals surface area contributed by atoms with Crippen LogP contribution in [-0.4, -0.2) is 50.9 Å². The number of anilines is 1. The molecule has 0 aromatic heterocycles. The number of halogens is 2. The maximum Gasteiger partial charge on any atom is 0.338 e. The fourth-order valence-corrected chi connectivity index (χ4v) is 6.96. The monoisotopic (exact) mass is 554 g/mol. The molecule has 3 aliphatic rings. The second-order valence-electron chi connectivity index (χ2n) is 8.43. The molecule has 7 nitrogen and oxygen atoms in total. The molecule has 4 rings (SSSR count). The van der Waals surface area contributed by atoms with Crippen LogP contribution in [0.15, 0.2) is 24.3 Å². The fourth-order valence-electron chi connectivity index (χ4n) is 5.09. The van der Waals surface area contributed by atoms with E-state index in [1.54, 1.807) is 31.2 Å². The number of carbonyl (C=O) groups excluding carboxylic acids is 4. The Hall–Kier alpha value is -1.74. The van der Waals surface area contributed by atoms with E-state index < -0.39 is 17.9 Å². The average molecular weight is 556 g/mol. The molecular formula is C22H24Br2N2O5. The third-order valence-corrected chi connectivity index (χ3v) is 9.82. The molecule has 166 valence electrons. The van der Waals surface area contributed by atoms with Gasteiger partial charge in [0, 0.05) is 15.3 Å². The molecule has 0 radical (unpaired) electrons. The second-order valence-corrected chi connectivity index (χ2v) is 10.5. The Kier molecular flexibility index (Phi) is 6.27. The highest BCUT2D eigenvalue weighted by atomic mass is 79.9. The topological polar surface area (TPSA) is 92.8 Å². The summed E-state index contributed by atoms with van der Waals surface area (Å²) in [7, 11) is 0. The van der Waals surface area contributed by atoms with Gasteiger partial charge < -0.3 is 10.1 Å². The second kappa shape index (κ2) is 8.65. The number of hydrogen-bond acceptors (Lipinski definition) is 5. The zero-order valence-corrected chi connectivity index (χ0v) is 20.4. The van der Waals surface area contributed by atoms with Gasteiger partial charge in [0.05, 0.1) is 24.0 Å². The number of nitrogens with zero attached hydrogens (tertiary/aromatic N) is 1. The van der Waals surface area contributed by atoms with Gasteiger partial charge in [-0.15, -0.1) is 0 Å². The number of likely N-dealkylation sites (tertiary alicyclic amines) is 1. The lowest BCUT2D eigenvalue weighted by molar-refractivity contribution is -0.146. The summed E-state index contributed by atoms with van der Waals surface area (Å²) >= 11 is 7.33. The molecule has 7 atom stereocenters. The van der Waals surface area contributed by atoms with E-state index in [-0.39, 0.29) is 45.1 Å². The molecule has 3 fully saturated rings. The standard InChI is InChI=1S/C22H24Br2N2O5/c1-3-8-31-22(30)11-4-6-12(7-5-11)25-19(27)10(2)26-20(28)15-13-9-14(16(15)21(26)29)18(24)17(13)23/h4-7,10,13-18H,3,8-9H2,1-2H3,(H,25,27)/t10-,13+,14+,15-,16+,17-,18-/m0/s1. The van der Waals surface area contributed by atoms with E-state index in [0.717, 1.165) is 17.7 Å². The minimum Gasteiger partial charge on any atom is -0.462 e. The first-order chi connectivity index (χ1) is 14.8. The summed E-state index contributed by atoms with van der Waals surface area (Å²) < 4.78 is 5.09. The van der Waals surface area contributed by atoms with E-state index in [1.807, 2.05) is 6.92 Å². The molecular weight excluding hydrogens is 532 g/mol. The number of amides is 3. The van der Waals surface area contributed by atoms with Gasteiger partial charge in [0.25, 0.3) is 0 Å². The van der Waals surface area contributed by atoms with E-state index >= 15 is 0 Å². The molecule has 2 bridgehead atoms. The SMILES string of the molecule is CCCOC(=O)c1ccc(NC(=O)[C@H](C)N2C(=O)[C@@H]3[C@H]4C[C@@H]([C@H](Br)[C@H]4Br)[C@@H]3C2=O)cc1. The lowest BCUT2D eigenvalue weighted by Gasteiger charge is -2.28. The maximum atomic E-state index is 13.1. The summed E-state index contributed by atoms with van der Waals surface area (Å²) in [6.45, 7) is 3.83. The summed E-state index contributed by atoms with van der Waals surface area (Å²) in [5, 5.41) is 2.73. The van der Waals surface area contributed by atoms with Gasteiger partial charge in [-0.05, 0) is 55.9 Å². The molecule has 0 spiro atoms. The van der Waals surface area contributed by atoms with Crippen LogP contribution in [0.25, 0.3) is 0 Å². The van der Waals surface area contributed by atoms with Crippen LogP contribution >= 0.6 is 31.9 Å². The van der Waals surface area contributed by atoms with Gasteiger partial charge in [0.2, 0.25) is 17.7 Å². The predicted molar refractivity (Wildman–Crippen MR) is 121 cm³/mol. The van der Waals surface area contributed by atoms with Crippen molar-refractivity contribution in [3.05, 3.63) is 29.8 Å². The lowest BCUT2D eigenvalue weighted by atomic mass is 9.81. The van der Waals surface area contributed by atoms with Crippen molar-refractivity contribution in [1.82, 2.24) is 4.90 Å². The Morgan fingerprint density at radius 1 is 1.10 bits per heavy atom. The Morgan fingerprint density at radius 2 is 1.65 bits per heavy atom. The van der Waals surface area contributed by atoms with Crippen LogP contribution in [0.2, 0.25) is 0 Å². The smallest absolute Gasteiger partial charge is 0.338 e. The van der Waals surface area contributed by atoms with Crippen LogP contribution in [-0.2, 0) is 19.1 Å². The highest BCUT2D eigenvalue weighted by Gasteiger charge is 2.67. The number of fused-ring (bicyclic) bond motifs is 5. The van der Waals surface area contributed by atoms with Crippen molar-refractivity contribution in [1.29, 1.82) is 0 Å².